The Balaban J connectivity index is 1.80. The summed E-state index contributed by atoms with van der Waals surface area (Å²) in [5, 5.41) is 0. The standard InChI is InChI=1S/C13H16O2/c14-9-2-1-7-10(9)11-8(12(7)15)3-4-13(11)5-6-13/h7-8,10-11H,1-6H2/t7-,8-,10-,11+/m0/s1. The van der Waals surface area contributed by atoms with Gasteiger partial charge in [-0.05, 0) is 43.4 Å². The molecule has 0 amide bonds. The Kier molecular flexibility index (Phi) is 1.34. The predicted octanol–water partition coefficient (Wildman–Crippen LogP) is 1.97. The minimum absolute atomic E-state index is 0.144. The van der Waals surface area contributed by atoms with E-state index in [2.05, 4.69) is 0 Å². The normalized spacial score (nSPS) is 49.9. The zero-order chi connectivity index (χ0) is 10.2. The smallest absolute Gasteiger partial charge is 0.140 e. The molecule has 4 aliphatic carbocycles. The van der Waals surface area contributed by atoms with Crippen LogP contribution in [-0.4, -0.2) is 11.6 Å². The molecule has 0 unspecified atom stereocenters. The van der Waals surface area contributed by atoms with E-state index < -0.39 is 0 Å². The van der Waals surface area contributed by atoms with Gasteiger partial charge in [0.15, 0.2) is 0 Å². The summed E-state index contributed by atoms with van der Waals surface area (Å²) in [6, 6.07) is 0. The van der Waals surface area contributed by atoms with Crippen LogP contribution < -0.4 is 0 Å². The zero-order valence-electron chi connectivity index (χ0n) is 8.87. The molecular formula is C13H16O2. The molecule has 0 heterocycles. The van der Waals surface area contributed by atoms with E-state index in [9.17, 15) is 9.59 Å². The average molecular weight is 204 g/mol. The number of rotatable bonds is 0. The van der Waals surface area contributed by atoms with Crippen molar-refractivity contribution in [1.29, 1.82) is 0 Å². The van der Waals surface area contributed by atoms with Crippen LogP contribution >= 0.6 is 0 Å². The second kappa shape index (κ2) is 2.36. The molecule has 2 nitrogen and oxygen atoms in total. The lowest BCUT2D eigenvalue weighted by molar-refractivity contribution is -0.125. The van der Waals surface area contributed by atoms with E-state index in [1.165, 1.54) is 19.3 Å². The van der Waals surface area contributed by atoms with E-state index in [1.54, 1.807) is 0 Å². The van der Waals surface area contributed by atoms with Gasteiger partial charge in [-0.3, -0.25) is 9.59 Å². The summed E-state index contributed by atoms with van der Waals surface area (Å²) in [5.74, 6) is 1.93. The van der Waals surface area contributed by atoms with E-state index in [4.69, 9.17) is 0 Å². The molecular weight excluding hydrogens is 188 g/mol. The molecule has 0 aromatic rings. The van der Waals surface area contributed by atoms with Crippen LogP contribution in [0.4, 0.5) is 0 Å². The molecule has 2 heteroatoms. The summed E-state index contributed by atoms with van der Waals surface area (Å²) in [4.78, 5) is 24.1. The molecule has 1 spiro atoms. The molecule has 0 bridgehead atoms. The number of carbonyl (C=O) groups is 2. The van der Waals surface area contributed by atoms with Gasteiger partial charge >= 0.3 is 0 Å². The van der Waals surface area contributed by atoms with Gasteiger partial charge in [0.25, 0.3) is 0 Å². The predicted molar refractivity (Wildman–Crippen MR) is 54.1 cm³/mol. The lowest BCUT2D eigenvalue weighted by atomic mass is 9.80. The number of fused-ring (bicyclic) bond motifs is 4. The summed E-state index contributed by atoms with van der Waals surface area (Å²) in [5.41, 5.74) is 0.458. The molecule has 80 valence electrons. The maximum atomic E-state index is 12.2. The zero-order valence-corrected chi connectivity index (χ0v) is 8.87. The average Bonchev–Trinajstić information content (AvgIpc) is 2.62. The summed E-state index contributed by atoms with van der Waals surface area (Å²) < 4.78 is 0. The number of carbonyl (C=O) groups excluding carboxylic acids is 2. The van der Waals surface area contributed by atoms with Crippen molar-refractivity contribution in [2.75, 3.05) is 0 Å². The van der Waals surface area contributed by atoms with Crippen molar-refractivity contribution >= 4 is 11.6 Å². The Bertz CT molecular complexity index is 367. The third kappa shape index (κ3) is 0.834. The largest absolute Gasteiger partial charge is 0.299 e. The van der Waals surface area contributed by atoms with Gasteiger partial charge in [0, 0.05) is 24.2 Å². The SMILES string of the molecule is O=C1CC[C@@H]2C(=O)[C@H]3CCC4(CC4)[C@H]3[C@H]12. The quantitative estimate of drug-likeness (QED) is 0.604. The van der Waals surface area contributed by atoms with Crippen LogP contribution in [0.5, 0.6) is 0 Å². The fourth-order valence-electron chi connectivity index (χ4n) is 4.82. The van der Waals surface area contributed by atoms with Crippen LogP contribution in [0.1, 0.15) is 38.5 Å². The molecule has 15 heavy (non-hydrogen) atoms. The van der Waals surface area contributed by atoms with Gasteiger partial charge in [-0.1, -0.05) is 0 Å². The first-order chi connectivity index (χ1) is 7.23. The Morgan fingerprint density at radius 2 is 1.80 bits per heavy atom. The first-order valence-corrected chi connectivity index (χ1v) is 6.29. The lowest BCUT2D eigenvalue weighted by Gasteiger charge is -2.22. The third-order valence-electron chi connectivity index (χ3n) is 5.61. The molecule has 0 aliphatic heterocycles. The molecule has 4 atom stereocenters. The second-order valence-corrected chi connectivity index (χ2v) is 6.07. The van der Waals surface area contributed by atoms with Crippen molar-refractivity contribution in [3.63, 3.8) is 0 Å². The summed E-state index contributed by atoms with van der Waals surface area (Å²) in [6.07, 6.45) is 6.44. The van der Waals surface area contributed by atoms with Gasteiger partial charge in [-0.25, -0.2) is 0 Å². The number of ketones is 2. The van der Waals surface area contributed by atoms with Gasteiger partial charge in [-0.15, -0.1) is 0 Å². The highest BCUT2D eigenvalue weighted by Crippen LogP contribution is 2.70. The molecule has 4 fully saturated rings. The molecule has 4 aliphatic rings. The summed E-state index contributed by atoms with van der Waals surface area (Å²) >= 11 is 0. The van der Waals surface area contributed by atoms with E-state index >= 15 is 0 Å². The highest BCUT2D eigenvalue weighted by Gasteiger charge is 2.67. The Morgan fingerprint density at radius 3 is 2.53 bits per heavy atom. The van der Waals surface area contributed by atoms with Crippen molar-refractivity contribution in [1.82, 2.24) is 0 Å². The molecule has 0 saturated heterocycles. The van der Waals surface area contributed by atoms with Gasteiger partial charge < -0.3 is 0 Å². The number of hydrogen-bond donors (Lipinski definition) is 0. The second-order valence-electron chi connectivity index (χ2n) is 6.07. The minimum atomic E-state index is 0.144. The minimum Gasteiger partial charge on any atom is -0.299 e. The highest BCUT2D eigenvalue weighted by molar-refractivity contribution is 5.98. The van der Waals surface area contributed by atoms with Gasteiger partial charge in [0.2, 0.25) is 0 Å². The summed E-state index contributed by atoms with van der Waals surface area (Å²) in [7, 11) is 0. The lowest BCUT2D eigenvalue weighted by Crippen LogP contribution is -2.24. The van der Waals surface area contributed by atoms with E-state index in [-0.39, 0.29) is 17.8 Å². The van der Waals surface area contributed by atoms with Crippen LogP contribution in [0.2, 0.25) is 0 Å². The van der Waals surface area contributed by atoms with Gasteiger partial charge in [-0.2, -0.15) is 0 Å². The van der Waals surface area contributed by atoms with Gasteiger partial charge in [0.05, 0.1) is 0 Å². The first kappa shape index (κ1) is 8.49. The van der Waals surface area contributed by atoms with Crippen LogP contribution in [-0.2, 0) is 9.59 Å². The van der Waals surface area contributed by atoms with E-state index in [0.717, 1.165) is 12.8 Å². The van der Waals surface area contributed by atoms with E-state index in [0.29, 0.717) is 29.3 Å². The Labute approximate surface area is 89.4 Å². The monoisotopic (exact) mass is 204 g/mol. The maximum absolute atomic E-state index is 12.2. The van der Waals surface area contributed by atoms with Crippen molar-refractivity contribution in [2.24, 2.45) is 29.1 Å². The summed E-state index contributed by atoms with van der Waals surface area (Å²) in [6.45, 7) is 0. The van der Waals surface area contributed by atoms with Crippen LogP contribution in [0.3, 0.4) is 0 Å². The number of hydrogen-bond acceptors (Lipinski definition) is 2. The van der Waals surface area contributed by atoms with Crippen LogP contribution in [0.15, 0.2) is 0 Å². The molecule has 0 aromatic heterocycles. The Morgan fingerprint density at radius 1 is 1.00 bits per heavy atom. The van der Waals surface area contributed by atoms with Crippen LogP contribution in [0, 0.1) is 29.1 Å². The van der Waals surface area contributed by atoms with Crippen molar-refractivity contribution in [3.8, 4) is 0 Å². The molecule has 0 N–H and O–H groups in total. The van der Waals surface area contributed by atoms with Crippen molar-refractivity contribution in [2.45, 2.75) is 38.5 Å². The topological polar surface area (TPSA) is 34.1 Å². The Hall–Kier alpha value is -0.660. The van der Waals surface area contributed by atoms with E-state index in [1.807, 2.05) is 0 Å². The van der Waals surface area contributed by atoms with Crippen molar-refractivity contribution < 1.29 is 9.59 Å². The van der Waals surface area contributed by atoms with Crippen molar-refractivity contribution in [3.05, 3.63) is 0 Å². The first-order valence-electron chi connectivity index (χ1n) is 6.29. The maximum Gasteiger partial charge on any atom is 0.140 e. The van der Waals surface area contributed by atoms with Gasteiger partial charge in [0.1, 0.15) is 11.6 Å². The third-order valence-corrected chi connectivity index (χ3v) is 5.61. The molecule has 0 aromatic carbocycles. The molecule has 4 saturated carbocycles. The number of Topliss-reactive ketones (excluding diaryl/α,β-unsaturated/α-hetero) is 2. The van der Waals surface area contributed by atoms with Crippen LogP contribution in [0.25, 0.3) is 0 Å². The fraction of sp³-hybridized carbons (Fsp3) is 0.846. The highest BCUT2D eigenvalue weighted by atomic mass is 16.1. The fourth-order valence-corrected chi connectivity index (χ4v) is 4.82. The molecule has 0 radical (unpaired) electrons. The molecule has 4 rings (SSSR count).